The van der Waals surface area contributed by atoms with Crippen molar-refractivity contribution in [1.29, 1.82) is 0 Å². The summed E-state index contributed by atoms with van der Waals surface area (Å²) in [6, 6.07) is 13.2. The molecule has 0 radical (unpaired) electrons. The van der Waals surface area contributed by atoms with Crippen LogP contribution in [-0.4, -0.2) is 18.5 Å². The van der Waals surface area contributed by atoms with Crippen LogP contribution in [0.1, 0.15) is 5.56 Å². The summed E-state index contributed by atoms with van der Waals surface area (Å²) in [6.07, 6.45) is 1.38. The number of phenolic OH excluding ortho intramolecular Hbond substituents is 1. The van der Waals surface area contributed by atoms with Crippen molar-refractivity contribution >= 4 is 26.6 Å². The number of aryl methyl sites for hydroxylation is 1. The third-order valence-electron chi connectivity index (χ3n) is 3.27. The predicted octanol–water partition coefficient (Wildman–Crippen LogP) is 3.05. The SMILES string of the molecule is Cc1ccc(S(=O)(=O)Nc2cnc3c(O)cccc3c2)cc1. The van der Waals surface area contributed by atoms with E-state index in [0.717, 1.165) is 5.56 Å². The van der Waals surface area contributed by atoms with Crippen LogP contribution in [0.15, 0.2) is 59.6 Å². The molecule has 1 heterocycles. The summed E-state index contributed by atoms with van der Waals surface area (Å²) in [5, 5.41) is 10.4. The summed E-state index contributed by atoms with van der Waals surface area (Å²) in [7, 11) is -3.66. The van der Waals surface area contributed by atoms with Gasteiger partial charge in [0, 0.05) is 5.39 Å². The number of hydrogen-bond acceptors (Lipinski definition) is 4. The molecule has 0 amide bonds. The number of anilines is 1. The number of nitrogens with one attached hydrogen (secondary N) is 1. The van der Waals surface area contributed by atoms with E-state index in [1.54, 1.807) is 42.5 Å². The fraction of sp³-hybridized carbons (Fsp3) is 0.0625. The summed E-state index contributed by atoms with van der Waals surface area (Å²) in [5.41, 5.74) is 1.77. The molecular weight excluding hydrogens is 300 g/mol. The maximum atomic E-state index is 12.3. The highest BCUT2D eigenvalue weighted by Crippen LogP contribution is 2.25. The first-order valence-electron chi connectivity index (χ1n) is 6.63. The number of fused-ring (bicyclic) bond motifs is 1. The molecular formula is C16H14N2O3S. The van der Waals surface area contributed by atoms with Gasteiger partial charge in [0.1, 0.15) is 11.3 Å². The van der Waals surface area contributed by atoms with E-state index in [0.29, 0.717) is 16.6 Å². The Morgan fingerprint density at radius 3 is 2.55 bits per heavy atom. The van der Waals surface area contributed by atoms with Gasteiger partial charge in [-0.3, -0.25) is 9.71 Å². The second-order valence-electron chi connectivity index (χ2n) is 4.99. The van der Waals surface area contributed by atoms with Crippen LogP contribution in [0.25, 0.3) is 10.9 Å². The van der Waals surface area contributed by atoms with E-state index >= 15 is 0 Å². The fourth-order valence-corrected chi connectivity index (χ4v) is 3.17. The van der Waals surface area contributed by atoms with Gasteiger partial charge in [-0.05, 0) is 31.2 Å². The standard InChI is InChI=1S/C16H14N2O3S/c1-11-5-7-14(8-6-11)22(20,21)18-13-9-12-3-2-4-15(19)16(12)17-10-13/h2-10,18-19H,1H3. The Hall–Kier alpha value is -2.60. The summed E-state index contributed by atoms with van der Waals surface area (Å²) >= 11 is 0. The second kappa shape index (κ2) is 5.31. The molecule has 112 valence electrons. The Balaban J connectivity index is 1.97. The average molecular weight is 314 g/mol. The number of rotatable bonds is 3. The zero-order chi connectivity index (χ0) is 15.7. The van der Waals surface area contributed by atoms with Crippen LogP contribution in [0.5, 0.6) is 5.75 Å². The topological polar surface area (TPSA) is 79.3 Å². The van der Waals surface area contributed by atoms with Crippen LogP contribution in [0.3, 0.4) is 0 Å². The number of para-hydroxylation sites is 1. The van der Waals surface area contributed by atoms with E-state index in [-0.39, 0.29) is 10.6 Å². The van der Waals surface area contributed by atoms with Crippen molar-refractivity contribution in [2.45, 2.75) is 11.8 Å². The molecule has 0 aliphatic heterocycles. The van der Waals surface area contributed by atoms with Gasteiger partial charge in [0.05, 0.1) is 16.8 Å². The Labute approximate surface area is 128 Å². The number of aromatic nitrogens is 1. The molecule has 0 aliphatic carbocycles. The van der Waals surface area contributed by atoms with Gasteiger partial charge < -0.3 is 5.11 Å². The third-order valence-corrected chi connectivity index (χ3v) is 4.67. The maximum absolute atomic E-state index is 12.3. The van der Waals surface area contributed by atoms with Crippen LogP contribution in [0, 0.1) is 6.92 Å². The highest BCUT2D eigenvalue weighted by Gasteiger charge is 2.14. The van der Waals surface area contributed by atoms with E-state index in [9.17, 15) is 13.5 Å². The molecule has 0 fully saturated rings. The Bertz CT molecular complexity index is 935. The van der Waals surface area contributed by atoms with Gasteiger partial charge in [0.25, 0.3) is 10.0 Å². The molecule has 0 saturated heterocycles. The minimum atomic E-state index is -3.66. The minimum absolute atomic E-state index is 0.0606. The third kappa shape index (κ3) is 2.73. The first-order valence-corrected chi connectivity index (χ1v) is 8.11. The van der Waals surface area contributed by atoms with Crippen LogP contribution >= 0.6 is 0 Å². The van der Waals surface area contributed by atoms with Gasteiger partial charge in [0.2, 0.25) is 0 Å². The zero-order valence-electron chi connectivity index (χ0n) is 11.8. The normalized spacial score (nSPS) is 11.5. The molecule has 5 nitrogen and oxygen atoms in total. The maximum Gasteiger partial charge on any atom is 0.261 e. The summed E-state index contributed by atoms with van der Waals surface area (Å²) < 4.78 is 27.1. The number of pyridine rings is 1. The Morgan fingerprint density at radius 2 is 1.82 bits per heavy atom. The lowest BCUT2D eigenvalue weighted by Gasteiger charge is -2.09. The fourth-order valence-electron chi connectivity index (χ4n) is 2.13. The van der Waals surface area contributed by atoms with Crippen molar-refractivity contribution < 1.29 is 13.5 Å². The Kier molecular flexibility index (Phi) is 3.46. The van der Waals surface area contributed by atoms with Crippen molar-refractivity contribution in [3.63, 3.8) is 0 Å². The van der Waals surface area contributed by atoms with Crippen molar-refractivity contribution in [1.82, 2.24) is 4.98 Å². The van der Waals surface area contributed by atoms with Crippen molar-refractivity contribution in [3.05, 3.63) is 60.3 Å². The molecule has 0 aliphatic rings. The van der Waals surface area contributed by atoms with Gasteiger partial charge in [0.15, 0.2) is 0 Å². The van der Waals surface area contributed by atoms with E-state index in [1.807, 2.05) is 6.92 Å². The van der Waals surface area contributed by atoms with Crippen LogP contribution in [0.4, 0.5) is 5.69 Å². The molecule has 3 rings (SSSR count). The summed E-state index contributed by atoms with van der Waals surface area (Å²) in [4.78, 5) is 4.28. The number of sulfonamides is 1. The van der Waals surface area contributed by atoms with E-state index in [2.05, 4.69) is 9.71 Å². The first kappa shape index (κ1) is 14.3. The molecule has 3 aromatic rings. The molecule has 6 heteroatoms. The number of benzene rings is 2. The molecule has 0 bridgehead atoms. The predicted molar refractivity (Wildman–Crippen MR) is 85.4 cm³/mol. The van der Waals surface area contributed by atoms with Gasteiger partial charge >= 0.3 is 0 Å². The van der Waals surface area contributed by atoms with Gasteiger partial charge in [-0.25, -0.2) is 8.42 Å². The summed E-state index contributed by atoms with van der Waals surface area (Å²) in [5.74, 6) is 0.0606. The quantitative estimate of drug-likeness (QED) is 0.779. The number of nitrogens with zero attached hydrogens (tertiary/aromatic N) is 1. The highest BCUT2D eigenvalue weighted by molar-refractivity contribution is 7.92. The van der Waals surface area contributed by atoms with E-state index in [1.165, 1.54) is 12.3 Å². The van der Waals surface area contributed by atoms with Crippen molar-refractivity contribution in [3.8, 4) is 5.75 Å². The van der Waals surface area contributed by atoms with Crippen molar-refractivity contribution in [2.24, 2.45) is 0 Å². The number of phenols is 1. The monoisotopic (exact) mass is 314 g/mol. The molecule has 2 aromatic carbocycles. The van der Waals surface area contributed by atoms with Gasteiger partial charge in [-0.2, -0.15) is 0 Å². The van der Waals surface area contributed by atoms with E-state index in [4.69, 9.17) is 0 Å². The minimum Gasteiger partial charge on any atom is -0.506 e. The molecule has 0 saturated carbocycles. The van der Waals surface area contributed by atoms with Gasteiger partial charge in [-0.15, -0.1) is 0 Å². The molecule has 0 spiro atoms. The highest BCUT2D eigenvalue weighted by atomic mass is 32.2. The molecule has 1 aromatic heterocycles. The number of aromatic hydroxyl groups is 1. The molecule has 0 unspecified atom stereocenters. The first-order chi connectivity index (χ1) is 10.5. The van der Waals surface area contributed by atoms with Crippen LogP contribution < -0.4 is 4.72 Å². The summed E-state index contributed by atoms with van der Waals surface area (Å²) in [6.45, 7) is 1.89. The largest absolute Gasteiger partial charge is 0.506 e. The lowest BCUT2D eigenvalue weighted by molar-refractivity contribution is 0.480. The van der Waals surface area contributed by atoms with Crippen molar-refractivity contribution in [2.75, 3.05) is 4.72 Å². The lowest BCUT2D eigenvalue weighted by Crippen LogP contribution is -2.13. The zero-order valence-corrected chi connectivity index (χ0v) is 12.6. The van der Waals surface area contributed by atoms with Crippen LogP contribution in [-0.2, 0) is 10.0 Å². The molecule has 2 N–H and O–H groups in total. The van der Waals surface area contributed by atoms with Gasteiger partial charge in [-0.1, -0.05) is 29.8 Å². The lowest BCUT2D eigenvalue weighted by atomic mass is 10.2. The van der Waals surface area contributed by atoms with E-state index < -0.39 is 10.0 Å². The van der Waals surface area contributed by atoms with Crippen LogP contribution in [0.2, 0.25) is 0 Å². The number of hydrogen-bond donors (Lipinski definition) is 2. The molecule has 22 heavy (non-hydrogen) atoms. The smallest absolute Gasteiger partial charge is 0.261 e. The Morgan fingerprint density at radius 1 is 1.09 bits per heavy atom. The molecule has 0 atom stereocenters. The average Bonchev–Trinajstić information content (AvgIpc) is 2.47. The second-order valence-corrected chi connectivity index (χ2v) is 6.67.